The molecule has 1 aliphatic rings. The van der Waals surface area contributed by atoms with Gasteiger partial charge in [-0.2, -0.15) is 4.98 Å². The van der Waals surface area contributed by atoms with Crippen LogP contribution < -0.4 is 5.32 Å². The van der Waals surface area contributed by atoms with Crippen molar-refractivity contribution < 1.29 is 14.7 Å². The highest BCUT2D eigenvalue weighted by Gasteiger charge is 2.38. The smallest absolute Gasteiger partial charge is 0.326 e. The molecule has 1 unspecified atom stereocenters. The second-order valence-electron chi connectivity index (χ2n) is 5.31. The Labute approximate surface area is 120 Å². The van der Waals surface area contributed by atoms with Crippen molar-refractivity contribution in [3.05, 3.63) is 23.3 Å². The number of carbonyl (C=O) groups excluding carboxylic acids is 1. The first-order chi connectivity index (χ1) is 9.95. The van der Waals surface area contributed by atoms with E-state index in [2.05, 4.69) is 20.4 Å². The SMILES string of the molecule is Cc1cc(C)n2nc(C(=O)NC(C(=O)O)C3CC3)nc2n1. The second kappa shape index (κ2) is 4.80. The zero-order valence-corrected chi connectivity index (χ0v) is 11.7. The van der Waals surface area contributed by atoms with Crippen molar-refractivity contribution in [1.82, 2.24) is 24.9 Å². The van der Waals surface area contributed by atoms with Gasteiger partial charge < -0.3 is 10.4 Å². The van der Waals surface area contributed by atoms with Gasteiger partial charge >= 0.3 is 5.97 Å². The average molecular weight is 289 g/mol. The molecule has 0 aromatic carbocycles. The number of fused-ring (bicyclic) bond motifs is 1. The number of carboxylic acid groups (broad SMARTS) is 1. The first-order valence-electron chi connectivity index (χ1n) is 6.70. The molecule has 21 heavy (non-hydrogen) atoms. The van der Waals surface area contributed by atoms with E-state index < -0.39 is 17.9 Å². The Morgan fingerprint density at radius 2 is 2.10 bits per heavy atom. The number of aryl methyl sites for hydroxylation is 2. The third-order valence-corrected chi connectivity index (χ3v) is 3.47. The second-order valence-corrected chi connectivity index (χ2v) is 5.31. The topological polar surface area (TPSA) is 109 Å². The molecule has 0 aliphatic heterocycles. The molecule has 2 aromatic rings. The number of amides is 1. The predicted octanol–water partition coefficient (Wildman–Crippen LogP) is 0.334. The monoisotopic (exact) mass is 289 g/mol. The van der Waals surface area contributed by atoms with Crippen LogP contribution in [0.1, 0.15) is 34.8 Å². The van der Waals surface area contributed by atoms with Crippen molar-refractivity contribution in [2.75, 3.05) is 0 Å². The number of nitrogens with one attached hydrogen (secondary N) is 1. The van der Waals surface area contributed by atoms with Gasteiger partial charge in [0.1, 0.15) is 6.04 Å². The Morgan fingerprint density at radius 3 is 2.71 bits per heavy atom. The fourth-order valence-corrected chi connectivity index (χ4v) is 2.28. The predicted molar refractivity (Wildman–Crippen MR) is 71.9 cm³/mol. The van der Waals surface area contributed by atoms with Crippen LogP contribution in [0.25, 0.3) is 5.78 Å². The standard InChI is InChI=1S/C13H15N5O3/c1-6-5-7(2)18-13(14-6)16-10(17-18)11(19)15-9(12(20)21)8-3-4-8/h5,8-9H,3-4H2,1-2H3,(H,15,19)(H,20,21). The van der Waals surface area contributed by atoms with Crippen LogP contribution in [0.5, 0.6) is 0 Å². The maximum Gasteiger partial charge on any atom is 0.326 e. The molecule has 8 nitrogen and oxygen atoms in total. The summed E-state index contributed by atoms with van der Waals surface area (Å²) in [6, 6.07) is 0.952. The van der Waals surface area contributed by atoms with Gasteiger partial charge in [0.25, 0.3) is 11.7 Å². The van der Waals surface area contributed by atoms with Crippen molar-refractivity contribution in [1.29, 1.82) is 0 Å². The molecule has 1 aliphatic carbocycles. The number of carbonyl (C=O) groups is 2. The Hall–Kier alpha value is -2.51. The molecule has 110 valence electrons. The summed E-state index contributed by atoms with van der Waals surface area (Å²) in [6.07, 6.45) is 1.63. The number of hydrogen-bond donors (Lipinski definition) is 2. The summed E-state index contributed by atoms with van der Waals surface area (Å²) in [4.78, 5) is 31.5. The Morgan fingerprint density at radius 1 is 1.38 bits per heavy atom. The number of nitrogens with zero attached hydrogens (tertiary/aromatic N) is 4. The summed E-state index contributed by atoms with van der Waals surface area (Å²) in [5, 5.41) is 15.7. The molecule has 3 rings (SSSR count). The van der Waals surface area contributed by atoms with Gasteiger partial charge in [-0.1, -0.05) is 0 Å². The van der Waals surface area contributed by atoms with Gasteiger partial charge in [-0.3, -0.25) is 4.79 Å². The maximum absolute atomic E-state index is 12.1. The highest BCUT2D eigenvalue weighted by molar-refractivity contribution is 5.94. The molecule has 1 fully saturated rings. The fourth-order valence-electron chi connectivity index (χ4n) is 2.28. The Kier molecular flexibility index (Phi) is 3.08. The van der Waals surface area contributed by atoms with Gasteiger partial charge in [-0.05, 0) is 38.7 Å². The lowest BCUT2D eigenvalue weighted by atomic mass is 10.2. The van der Waals surface area contributed by atoms with Crippen LogP contribution in [0, 0.1) is 19.8 Å². The molecule has 0 spiro atoms. The lowest BCUT2D eigenvalue weighted by Crippen LogP contribution is -2.42. The quantitative estimate of drug-likeness (QED) is 0.839. The summed E-state index contributed by atoms with van der Waals surface area (Å²) in [5.41, 5.74) is 1.58. The average Bonchev–Trinajstić information content (AvgIpc) is 3.14. The number of carboxylic acids is 1. The van der Waals surface area contributed by atoms with E-state index in [1.165, 1.54) is 4.52 Å². The molecule has 0 bridgehead atoms. The molecule has 2 heterocycles. The molecule has 1 amide bonds. The van der Waals surface area contributed by atoms with Crippen LogP contribution in [0.15, 0.2) is 6.07 Å². The van der Waals surface area contributed by atoms with Gasteiger partial charge in [0, 0.05) is 11.4 Å². The van der Waals surface area contributed by atoms with E-state index in [0.717, 1.165) is 24.2 Å². The van der Waals surface area contributed by atoms with Gasteiger partial charge in [-0.25, -0.2) is 14.3 Å². The van der Waals surface area contributed by atoms with Crippen molar-refractivity contribution in [3.8, 4) is 0 Å². The summed E-state index contributed by atoms with van der Waals surface area (Å²) in [6.45, 7) is 3.66. The minimum absolute atomic E-state index is 0.00517. The summed E-state index contributed by atoms with van der Waals surface area (Å²) < 4.78 is 1.47. The van der Waals surface area contributed by atoms with Crippen LogP contribution in [0.2, 0.25) is 0 Å². The molecule has 1 atom stereocenters. The highest BCUT2D eigenvalue weighted by atomic mass is 16.4. The van der Waals surface area contributed by atoms with Crippen molar-refractivity contribution in [2.45, 2.75) is 32.7 Å². The lowest BCUT2D eigenvalue weighted by Gasteiger charge is -2.11. The maximum atomic E-state index is 12.1. The van der Waals surface area contributed by atoms with Crippen LogP contribution in [-0.4, -0.2) is 42.6 Å². The minimum atomic E-state index is -1.03. The lowest BCUT2D eigenvalue weighted by molar-refractivity contribution is -0.139. The van der Waals surface area contributed by atoms with E-state index in [1.54, 1.807) is 0 Å². The molecular weight excluding hydrogens is 274 g/mol. The first-order valence-corrected chi connectivity index (χ1v) is 6.70. The van der Waals surface area contributed by atoms with E-state index >= 15 is 0 Å². The molecule has 2 N–H and O–H groups in total. The van der Waals surface area contributed by atoms with Gasteiger partial charge in [0.2, 0.25) is 5.82 Å². The zero-order chi connectivity index (χ0) is 15.1. The van der Waals surface area contributed by atoms with Gasteiger partial charge in [-0.15, -0.1) is 5.10 Å². The molecule has 0 radical (unpaired) electrons. The number of hydrogen-bond acceptors (Lipinski definition) is 5. The number of aliphatic carboxylic acids is 1. The third kappa shape index (κ3) is 2.56. The number of aromatic nitrogens is 4. The van der Waals surface area contributed by atoms with Crippen LogP contribution in [0.3, 0.4) is 0 Å². The first kappa shape index (κ1) is 13.5. The summed E-state index contributed by atoms with van der Waals surface area (Å²) >= 11 is 0. The van der Waals surface area contributed by atoms with E-state index in [1.807, 2.05) is 19.9 Å². The molecular formula is C13H15N5O3. The number of rotatable bonds is 4. The van der Waals surface area contributed by atoms with E-state index in [-0.39, 0.29) is 11.7 Å². The van der Waals surface area contributed by atoms with E-state index in [0.29, 0.717) is 5.78 Å². The Balaban J connectivity index is 1.87. The van der Waals surface area contributed by atoms with Crippen LogP contribution >= 0.6 is 0 Å². The zero-order valence-electron chi connectivity index (χ0n) is 11.7. The van der Waals surface area contributed by atoms with Crippen molar-refractivity contribution in [3.63, 3.8) is 0 Å². The van der Waals surface area contributed by atoms with Crippen LogP contribution in [-0.2, 0) is 4.79 Å². The van der Waals surface area contributed by atoms with E-state index in [4.69, 9.17) is 5.11 Å². The van der Waals surface area contributed by atoms with Crippen molar-refractivity contribution in [2.24, 2.45) is 5.92 Å². The normalized spacial score (nSPS) is 15.9. The molecule has 8 heteroatoms. The largest absolute Gasteiger partial charge is 0.480 e. The van der Waals surface area contributed by atoms with Gasteiger partial charge in [0.05, 0.1) is 0 Å². The molecule has 1 saturated carbocycles. The Bertz CT molecular complexity index is 735. The molecule has 2 aromatic heterocycles. The molecule has 0 saturated heterocycles. The fraction of sp³-hybridized carbons (Fsp3) is 0.462. The van der Waals surface area contributed by atoms with E-state index in [9.17, 15) is 9.59 Å². The van der Waals surface area contributed by atoms with Crippen molar-refractivity contribution >= 4 is 17.7 Å². The summed E-state index contributed by atoms with van der Waals surface area (Å²) in [5.74, 6) is -1.35. The van der Waals surface area contributed by atoms with Crippen LogP contribution in [0.4, 0.5) is 0 Å². The summed E-state index contributed by atoms with van der Waals surface area (Å²) in [7, 11) is 0. The minimum Gasteiger partial charge on any atom is -0.480 e. The van der Waals surface area contributed by atoms with Gasteiger partial charge in [0.15, 0.2) is 0 Å². The highest BCUT2D eigenvalue weighted by Crippen LogP contribution is 2.32. The third-order valence-electron chi connectivity index (χ3n) is 3.47.